The van der Waals surface area contributed by atoms with E-state index >= 15 is 0 Å². The van der Waals surface area contributed by atoms with Crippen molar-refractivity contribution in [1.29, 1.82) is 0 Å². The zero-order chi connectivity index (χ0) is 22.4. The van der Waals surface area contributed by atoms with Crippen molar-refractivity contribution >= 4 is 17.5 Å². The van der Waals surface area contributed by atoms with Gasteiger partial charge in [-0.1, -0.05) is 57.7 Å². The van der Waals surface area contributed by atoms with Gasteiger partial charge < -0.3 is 5.32 Å². The van der Waals surface area contributed by atoms with Crippen molar-refractivity contribution in [2.75, 3.05) is 4.90 Å². The minimum atomic E-state index is -1.06. The Labute approximate surface area is 185 Å². The molecule has 0 spiro atoms. The van der Waals surface area contributed by atoms with Gasteiger partial charge in [0.15, 0.2) is 0 Å². The second-order valence-electron chi connectivity index (χ2n) is 10.4. The summed E-state index contributed by atoms with van der Waals surface area (Å²) in [5.74, 6) is -0.286. The van der Waals surface area contributed by atoms with E-state index in [1.165, 1.54) is 6.42 Å². The molecule has 2 amide bonds. The van der Waals surface area contributed by atoms with Gasteiger partial charge in [-0.05, 0) is 44.9 Å². The summed E-state index contributed by atoms with van der Waals surface area (Å²) in [4.78, 5) is 29.1. The molecule has 6 heteroatoms. The minimum absolute atomic E-state index is 0.105. The van der Waals surface area contributed by atoms with Crippen molar-refractivity contribution in [3.63, 3.8) is 0 Å². The topological polar surface area (TPSA) is 67.2 Å². The Hall–Kier alpha value is -2.63. The smallest absolute Gasteiger partial charge is 0.277 e. The van der Waals surface area contributed by atoms with E-state index in [2.05, 4.69) is 26.1 Å². The lowest BCUT2D eigenvalue weighted by molar-refractivity contribution is -0.127. The summed E-state index contributed by atoms with van der Waals surface area (Å²) >= 11 is 0. The van der Waals surface area contributed by atoms with Crippen LogP contribution >= 0.6 is 0 Å². The van der Waals surface area contributed by atoms with Crippen molar-refractivity contribution in [3.05, 3.63) is 47.3 Å². The van der Waals surface area contributed by atoms with Gasteiger partial charge in [0.25, 0.3) is 5.91 Å². The molecular formula is C25H34N4O2. The predicted molar refractivity (Wildman–Crippen MR) is 122 cm³/mol. The lowest BCUT2D eigenvalue weighted by Crippen LogP contribution is -2.65. The van der Waals surface area contributed by atoms with Gasteiger partial charge >= 0.3 is 0 Å². The maximum atomic E-state index is 13.7. The molecule has 2 aliphatic rings. The average molecular weight is 423 g/mol. The molecule has 0 bridgehead atoms. The summed E-state index contributed by atoms with van der Waals surface area (Å²) in [6.07, 6.45) is 5.51. The highest BCUT2D eigenvalue weighted by molar-refractivity contribution is 6.11. The van der Waals surface area contributed by atoms with Gasteiger partial charge in [-0.25, -0.2) is 0 Å². The maximum Gasteiger partial charge on any atom is 0.277 e. The molecule has 2 aromatic rings. The van der Waals surface area contributed by atoms with E-state index in [-0.39, 0.29) is 23.3 Å². The molecule has 6 nitrogen and oxygen atoms in total. The highest BCUT2D eigenvalue weighted by Crippen LogP contribution is 2.35. The van der Waals surface area contributed by atoms with Crippen LogP contribution in [0.3, 0.4) is 0 Å². The normalized spacial score (nSPS) is 22.4. The van der Waals surface area contributed by atoms with Crippen LogP contribution in [0.25, 0.3) is 0 Å². The van der Waals surface area contributed by atoms with Crippen molar-refractivity contribution in [2.45, 2.75) is 90.3 Å². The average Bonchev–Trinajstić information content (AvgIpc) is 3.15. The molecule has 1 saturated carbocycles. The number of aryl methyl sites for hydroxylation is 1. The van der Waals surface area contributed by atoms with E-state index in [0.29, 0.717) is 12.2 Å². The molecule has 0 unspecified atom stereocenters. The predicted octanol–water partition coefficient (Wildman–Crippen LogP) is 4.36. The number of nitrogens with one attached hydrogen (secondary N) is 1. The Balaban J connectivity index is 1.76. The zero-order valence-corrected chi connectivity index (χ0v) is 19.4. The minimum Gasteiger partial charge on any atom is -0.351 e. The molecule has 1 fully saturated rings. The first-order valence-electron chi connectivity index (χ1n) is 11.4. The first-order valence-corrected chi connectivity index (χ1v) is 11.4. The van der Waals surface area contributed by atoms with Crippen LogP contribution in [0.1, 0.15) is 81.5 Å². The second kappa shape index (κ2) is 7.81. The third-order valence-electron chi connectivity index (χ3n) is 6.64. The van der Waals surface area contributed by atoms with Gasteiger partial charge in [0.2, 0.25) is 5.91 Å². The van der Waals surface area contributed by atoms with Crippen LogP contribution in [-0.2, 0) is 16.8 Å². The molecular weight excluding hydrogens is 388 g/mol. The van der Waals surface area contributed by atoms with Gasteiger partial charge in [0.05, 0.1) is 12.2 Å². The Morgan fingerprint density at radius 3 is 2.39 bits per heavy atom. The summed E-state index contributed by atoms with van der Waals surface area (Å²) in [7, 11) is 0. The summed E-state index contributed by atoms with van der Waals surface area (Å²) in [6.45, 7) is 10.5. The van der Waals surface area contributed by atoms with Gasteiger partial charge in [-0.15, -0.1) is 0 Å². The Morgan fingerprint density at radius 1 is 1.13 bits per heavy atom. The molecule has 1 aliphatic heterocycles. The number of carbonyl (C=O) groups excluding carboxylic acids is 2. The lowest BCUT2D eigenvalue weighted by Gasteiger charge is -2.44. The molecule has 1 aromatic heterocycles. The molecule has 0 saturated heterocycles. The van der Waals surface area contributed by atoms with Crippen molar-refractivity contribution in [3.8, 4) is 0 Å². The lowest BCUT2D eigenvalue weighted by atomic mass is 9.90. The third-order valence-corrected chi connectivity index (χ3v) is 6.64. The number of anilines is 1. The third kappa shape index (κ3) is 4.00. The molecule has 0 radical (unpaired) electrons. The first-order chi connectivity index (χ1) is 14.6. The molecule has 4 rings (SSSR count). The molecule has 1 aromatic carbocycles. The van der Waals surface area contributed by atoms with Gasteiger partial charge in [0.1, 0.15) is 11.2 Å². The highest BCUT2D eigenvalue weighted by Gasteiger charge is 2.49. The fourth-order valence-corrected chi connectivity index (χ4v) is 4.63. The van der Waals surface area contributed by atoms with Crippen LogP contribution in [0.5, 0.6) is 0 Å². The Kier molecular flexibility index (Phi) is 5.44. The largest absolute Gasteiger partial charge is 0.351 e. The maximum absolute atomic E-state index is 13.7. The van der Waals surface area contributed by atoms with Crippen LogP contribution < -0.4 is 10.2 Å². The summed E-state index contributed by atoms with van der Waals surface area (Å²) in [5, 5.41) is 7.98. The van der Waals surface area contributed by atoms with Crippen LogP contribution in [0, 0.1) is 6.92 Å². The van der Waals surface area contributed by atoms with Crippen LogP contribution in [0.4, 0.5) is 5.69 Å². The number of carbonyl (C=O) groups is 2. The number of hydrogen-bond donors (Lipinski definition) is 1. The number of hydrogen-bond acceptors (Lipinski definition) is 3. The molecule has 1 atom stereocenters. The standard InChI is InChI=1S/C25H34N4O2/c1-17-11-13-19(14-12-17)29-22(30)20-15-21(24(2,3)4)27-28(20)16-25(29,5)23(31)26-18-9-7-6-8-10-18/h11-15,18H,6-10,16H2,1-5H3,(H,26,31)/t25-/m1/s1. The number of amides is 2. The SMILES string of the molecule is Cc1ccc(N2C(=O)c3cc(C(C)(C)C)nn3C[C@]2(C)C(=O)NC2CCCCC2)cc1. The van der Waals surface area contributed by atoms with E-state index in [1.807, 2.05) is 44.2 Å². The number of benzene rings is 1. The second-order valence-corrected chi connectivity index (χ2v) is 10.4. The van der Waals surface area contributed by atoms with Crippen LogP contribution in [-0.4, -0.2) is 33.2 Å². The number of rotatable bonds is 3. The van der Waals surface area contributed by atoms with Crippen molar-refractivity contribution in [2.24, 2.45) is 0 Å². The van der Waals surface area contributed by atoms with Gasteiger partial charge in [-0.2, -0.15) is 5.10 Å². The van der Waals surface area contributed by atoms with Crippen LogP contribution in [0.15, 0.2) is 30.3 Å². The number of nitrogens with zero attached hydrogens (tertiary/aromatic N) is 3. The number of fused-ring (bicyclic) bond motifs is 1. The van der Waals surface area contributed by atoms with E-state index in [1.54, 1.807) is 9.58 Å². The van der Waals surface area contributed by atoms with E-state index in [0.717, 1.165) is 42.6 Å². The Morgan fingerprint density at radius 2 is 1.77 bits per heavy atom. The van der Waals surface area contributed by atoms with Gasteiger partial charge in [0, 0.05) is 17.1 Å². The zero-order valence-electron chi connectivity index (χ0n) is 19.4. The molecule has 31 heavy (non-hydrogen) atoms. The van der Waals surface area contributed by atoms with Crippen LogP contribution in [0.2, 0.25) is 0 Å². The fourth-order valence-electron chi connectivity index (χ4n) is 4.63. The van der Waals surface area contributed by atoms with E-state index < -0.39 is 5.54 Å². The summed E-state index contributed by atoms with van der Waals surface area (Å²) in [6, 6.07) is 9.87. The van der Waals surface area contributed by atoms with Crippen molar-refractivity contribution in [1.82, 2.24) is 15.1 Å². The van der Waals surface area contributed by atoms with Gasteiger partial charge in [-0.3, -0.25) is 19.2 Å². The monoisotopic (exact) mass is 422 g/mol. The highest BCUT2D eigenvalue weighted by atomic mass is 16.2. The molecule has 1 N–H and O–H groups in total. The fraction of sp³-hybridized carbons (Fsp3) is 0.560. The molecule has 1 aliphatic carbocycles. The van der Waals surface area contributed by atoms with E-state index in [9.17, 15) is 9.59 Å². The first kappa shape index (κ1) is 21.6. The van der Waals surface area contributed by atoms with E-state index in [4.69, 9.17) is 5.10 Å². The molecule has 2 heterocycles. The summed E-state index contributed by atoms with van der Waals surface area (Å²) < 4.78 is 1.73. The molecule has 166 valence electrons. The Bertz CT molecular complexity index is 980. The summed E-state index contributed by atoms with van der Waals surface area (Å²) in [5.41, 5.74) is 2.01. The van der Waals surface area contributed by atoms with Crippen molar-refractivity contribution < 1.29 is 9.59 Å². The quantitative estimate of drug-likeness (QED) is 0.799. The number of aromatic nitrogens is 2.